The summed E-state index contributed by atoms with van der Waals surface area (Å²) < 4.78 is 5.83. The minimum Gasteiger partial charge on any atom is -0.494 e. The van der Waals surface area contributed by atoms with Gasteiger partial charge in [-0.25, -0.2) is 4.79 Å². The molecule has 0 amide bonds. The van der Waals surface area contributed by atoms with Crippen LogP contribution in [0.15, 0.2) is 48.5 Å². The number of rotatable bonds is 8. The highest BCUT2D eigenvalue weighted by atomic mass is 35.5. The topological polar surface area (TPSA) is 53.0 Å². The van der Waals surface area contributed by atoms with Gasteiger partial charge in [-0.05, 0) is 67.3 Å². The second kappa shape index (κ2) is 12.6. The fourth-order valence-corrected chi connectivity index (χ4v) is 3.47. The van der Waals surface area contributed by atoms with E-state index in [4.69, 9.17) is 9.84 Å². The number of carbonyl (C=O) groups is 1. The first kappa shape index (κ1) is 25.9. The van der Waals surface area contributed by atoms with Crippen molar-refractivity contribution in [1.29, 1.82) is 0 Å². The Morgan fingerprint density at radius 3 is 1.80 bits per heavy atom. The molecule has 0 saturated carbocycles. The zero-order chi connectivity index (χ0) is 19.9. The minimum atomic E-state index is -0.885. The summed E-state index contributed by atoms with van der Waals surface area (Å²) >= 11 is 0. The maximum atomic E-state index is 11.0. The number of aromatic carboxylic acids is 1. The lowest BCUT2D eigenvalue weighted by Gasteiger charge is -2.37. The first-order chi connectivity index (χ1) is 13.5. The largest absolute Gasteiger partial charge is 0.494 e. The van der Waals surface area contributed by atoms with Crippen LogP contribution < -0.4 is 14.5 Å². The van der Waals surface area contributed by atoms with Crippen LogP contribution in [0.5, 0.6) is 5.75 Å². The van der Waals surface area contributed by atoms with Crippen LogP contribution in [-0.4, -0.2) is 43.9 Å². The number of piperazine rings is 1. The number of hydrogen-bond acceptors (Lipinski definition) is 4. The van der Waals surface area contributed by atoms with E-state index in [0.717, 1.165) is 56.6 Å². The molecular formula is C23H32Cl2N2O3. The van der Waals surface area contributed by atoms with Crippen molar-refractivity contribution >= 4 is 42.2 Å². The van der Waals surface area contributed by atoms with E-state index in [-0.39, 0.29) is 24.8 Å². The summed E-state index contributed by atoms with van der Waals surface area (Å²) in [5.74, 6) is 0.771. The molecule has 1 fully saturated rings. The summed E-state index contributed by atoms with van der Waals surface area (Å²) in [5, 5.41) is 9.02. The number of hydrogen-bond donors (Lipinski definition) is 1. The molecule has 0 aromatic heterocycles. The molecule has 1 saturated heterocycles. The van der Waals surface area contributed by atoms with Gasteiger partial charge in [0.2, 0.25) is 0 Å². The molecule has 0 spiro atoms. The van der Waals surface area contributed by atoms with Gasteiger partial charge in [-0.15, -0.1) is 24.8 Å². The molecule has 0 bridgehead atoms. The number of anilines is 2. The fourth-order valence-electron chi connectivity index (χ4n) is 3.47. The number of benzene rings is 2. The molecule has 30 heavy (non-hydrogen) atoms. The summed E-state index contributed by atoms with van der Waals surface area (Å²) in [6.07, 6.45) is 2.29. The van der Waals surface area contributed by atoms with Crippen molar-refractivity contribution in [3.05, 3.63) is 54.1 Å². The van der Waals surface area contributed by atoms with Gasteiger partial charge in [0, 0.05) is 37.6 Å². The Bertz CT molecular complexity index is 759. The van der Waals surface area contributed by atoms with Gasteiger partial charge in [-0.3, -0.25) is 0 Å². The van der Waals surface area contributed by atoms with Crippen LogP contribution in [0.3, 0.4) is 0 Å². The van der Waals surface area contributed by atoms with E-state index in [1.165, 1.54) is 12.1 Å². The first-order valence-electron chi connectivity index (χ1n) is 10.1. The third-order valence-corrected chi connectivity index (χ3v) is 5.16. The Morgan fingerprint density at radius 1 is 0.900 bits per heavy atom. The van der Waals surface area contributed by atoms with Crippen LogP contribution in [0, 0.1) is 5.92 Å². The van der Waals surface area contributed by atoms with Crippen molar-refractivity contribution in [2.45, 2.75) is 26.7 Å². The zero-order valence-corrected chi connectivity index (χ0v) is 19.3. The molecule has 0 atom stereocenters. The van der Waals surface area contributed by atoms with Crippen molar-refractivity contribution < 1.29 is 14.6 Å². The van der Waals surface area contributed by atoms with Gasteiger partial charge in [0.05, 0.1) is 12.2 Å². The van der Waals surface area contributed by atoms with Crippen molar-refractivity contribution in [1.82, 2.24) is 0 Å². The molecule has 2 aromatic rings. The quantitative estimate of drug-likeness (QED) is 0.543. The van der Waals surface area contributed by atoms with E-state index in [0.29, 0.717) is 5.56 Å². The van der Waals surface area contributed by atoms with Gasteiger partial charge < -0.3 is 19.6 Å². The van der Waals surface area contributed by atoms with E-state index in [9.17, 15) is 4.79 Å². The minimum absolute atomic E-state index is 0. The lowest BCUT2D eigenvalue weighted by Crippen LogP contribution is -2.46. The molecule has 1 heterocycles. The molecule has 0 unspecified atom stereocenters. The molecule has 0 aliphatic carbocycles. The van der Waals surface area contributed by atoms with E-state index in [2.05, 4.69) is 47.9 Å². The monoisotopic (exact) mass is 454 g/mol. The zero-order valence-electron chi connectivity index (χ0n) is 17.6. The van der Waals surface area contributed by atoms with Crippen molar-refractivity contribution in [2.75, 3.05) is 42.6 Å². The molecular weight excluding hydrogens is 423 g/mol. The third kappa shape index (κ3) is 7.29. The molecule has 5 nitrogen and oxygen atoms in total. The van der Waals surface area contributed by atoms with Crippen LogP contribution in [0.25, 0.3) is 0 Å². The standard InChI is InChI=1S/C23H30N2O3.2ClH/c1-18(2)4-3-17-28-22-11-9-21(10-12-22)25-15-13-24(14-16-25)20-7-5-19(6-8-20)23(26)27;;/h5-12,18H,3-4,13-17H2,1-2H3,(H,26,27);2*1H. The first-order valence-corrected chi connectivity index (χ1v) is 10.1. The lowest BCUT2D eigenvalue weighted by molar-refractivity contribution is 0.0697. The van der Waals surface area contributed by atoms with E-state index < -0.39 is 5.97 Å². The Labute approximate surface area is 191 Å². The maximum Gasteiger partial charge on any atom is 0.335 e. The third-order valence-electron chi connectivity index (χ3n) is 5.16. The predicted molar refractivity (Wildman–Crippen MR) is 128 cm³/mol. The Morgan fingerprint density at radius 2 is 1.37 bits per heavy atom. The van der Waals surface area contributed by atoms with Crippen LogP contribution in [0.2, 0.25) is 0 Å². The van der Waals surface area contributed by atoms with Crippen molar-refractivity contribution in [2.24, 2.45) is 5.92 Å². The fraction of sp³-hybridized carbons (Fsp3) is 0.435. The number of halogens is 2. The average molecular weight is 455 g/mol. The van der Waals surface area contributed by atoms with Gasteiger partial charge >= 0.3 is 5.97 Å². The number of carboxylic acids is 1. The molecule has 7 heteroatoms. The number of carboxylic acid groups (broad SMARTS) is 1. The summed E-state index contributed by atoms with van der Waals surface area (Å²) in [4.78, 5) is 15.7. The Kier molecular flexibility index (Phi) is 10.8. The van der Waals surface area contributed by atoms with Crippen molar-refractivity contribution in [3.8, 4) is 5.75 Å². The number of ether oxygens (including phenoxy) is 1. The van der Waals surface area contributed by atoms with Crippen LogP contribution in [0.4, 0.5) is 11.4 Å². The van der Waals surface area contributed by atoms with Gasteiger partial charge in [-0.2, -0.15) is 0 Å². The van der Waals surface area contributed by atoms with Gasteiger partial charge in [0.1, 0.15) is 5.75 Å². The smallest absolute Gasteiger partial charge is 0.335 e. The van der Waals surface area contributed by atoms with E-state index in [1.54, 1.807) is 12.1 Å². The second-order valence-electron chi connectivity index (χ2n) is 7.70. The van der Waals surface area contributed by atoms with Gasteiger partial charge in [-0.1, -0.05) is 13.8 Å². The van der Waals surface area contributed by atoms with Crippen LogP contribution in [0.1, 0.15) is 37.0 Å². The van der Waals surface area contributed by atoms with Crippen LogP contribution >= 0.6 is 24.8 Å². The highest BCUT2D eigenvalue weighted by Gasteiger charge is 2.18. The maximum absolute atomic E-state index is 11.0. The lowest BCUT2D eigenvalue weighted by atomic mass is 10.1. The average Bonchev–Trinajstić information content (AvgIpc) is 2.72. The molecule has 0 radical (unpaired) electrons. The van der Waals surface area contributed by atoms with E-state index >= 15 is 0 Å². The van der Waals surface area contributed by atoms with Crippen LogP contribution in [-0.2, 0) is 0 Å². The predicted octanol–water partition coefficient (Wildman–Crippen LogP) is 5.37. The molecule has 2 aromatic carbocycles. The van der Waals surface area contributed by atoms with Gasteiger partial charge in [0.25, 0.3) is 0 Å². The molecule has 1 aliphatic heterocycles. The highest BCUT2D eigenvalue weighted by Crippen LogP contribution is 2.23. The second-order valence-corrected chi connectivity index (χ2v) is 7.70. The molecule has 1 aliphatic rings. The highest BCUT2D eigenvalue weighted by molar-refractivity contribution is 5.88. The summed E-state index contributed by atoms with van der Waals surface area (Å²) in [6, 6.07) is 15.5. The summed E-state index contributed by atoms with van der Waals surface area (Å²) in [7, 11) is 0. The number of nitrogens with zero attached hydrogens (tertiary/aromatic N) is 2. The summed E-state index contributed by atoms with van der Waals surface area (Å²) in [5.41, 5.74) is 2.62. The SMILES string of the molecule is CC(C)CCCOc1ccc(N2CCN(c3ccc(C(=O)O)cc3)CC2)cc1.Cl.Cl. The van der Waals surface area contributed by atoms with Crippen molar-refractivity contribution in [3.63, 3.8) is 0 Å². The molecule has 166 valence electrons. The molecule has 1 N–H and O–H groups in total. The van der Waals surface area contributed by atoms with Gasteiger partial charge in [0.15, 0.2) is 0 Å². The Balaban J connectivity index is 0.00000225. The van der Waals surface area contributed by atoms with E-state index in [1.807, 2.05) is 12.1 Å². The Hall–Kier alpha value is -2.11. The summed E-state index contributed by atoms with van der Waals surface area (Å²) in [6.45, 7) is 8.96. The molecule has 3 rings (SSSR count). The normalized spacial score (nSPS) is 13.4.